The average molecular weight is 274 g/mol. The van der Waals surface area contributed by atoms with E-state index in [1.807, 2.05) is 0 Å². The van der Waals surface area contributed by atoms with Crippen molar-refractivity contribution >= 4 is 0 Å². The molecule has 0 spiro atoms. The van der Waals surface area contributed by atoms with Gasteiger partial charge < -0.3 is 4.48 Å². The maximum atomic E-state index is 2.36. The number of hydrogen-bond acceptors (Lipinski definition) is 0. The van der Waals surface area contributed by atoms with E-state index in [4.69, 9.17) is 0 Å². The zero-order chi connectivity index (χ0) is 14.5. The first-order valence-electron chi connectivity index (χ1n) is 8.61. The molecule has 0 aromatic heterocycles. The van der Waals surface area contributed by atoms with Crippen molar-refractivity contribution in [1.29, 1.82) is 0 Å². The van der Waals surface area contributed by atoms with E-state index < -0.39 is 0 Å². The fraction of sp³-hybridized carbons (Fsp3) is 0.684. The second-order valence-corrected chi connectivity index (χ2v) is 6.62. The fourth-order valence-electron chi connectivity index (χ4n) is 4.12. The summed E-state index contributed by atoms with van der Waals surface area (Å²) >= 11 is 0. The summed E-state index contributed by atoms with van der Waals surface area (Å²) in [4.78, 5) is 0. The van der Waals surface area contributed by atoms with Crippen LogP contribution in [0.25, 0.3) is 0 Å². The van der Waals surface area contributed by atoms with Crippen molar-refractivity contribution in [1.82, 2.24) is 0 Å². The average Bonchev–Trinajstić information content (AvgIpc) is 3.00. The molecule has 112 valence electrons. The third kappa shape index (κ3) is 3.09. The molecule has 1 aliphatic rings. The van der Waals surface area contributed by atoms with Gasteiger partial charge in [0.05, 0.1) is 26.2 Å². The third-order valence-corrected chi connectivity index (χ3v) is 6.02. The molecular formula is C19H32N+. The van der Waals surface area contributed by atoms with Crippen LogP contribution in [-0.4, -0.2) is 30.7 Å². The smallest absolute Gasteiger partial charge is 0.0795 e. The van der Waals surface area contributed by atoms with Gasteiger partial charge in [0.1, 0.15) is 0 Å². The van der Waals surface area contributed by atoms with Crippen molar-refractivity contribution < 1.29 is 4.48 Å². The monoisotopic (exact) mass is 274 g/mol. The highest BCUT2D eigenvalue weighted by molar-refractivity contribution is 5.26. The molecule has 1 aromatic carbocycles. The quantitative estimate of drug-likeness (QED) is 0.629. The van der Waals surface area contributed by atoms with Gasteiger partial charge in [0.25, 0.3) is 0 Å². The molecule has 1 nitrogen and oxygen atoms in total. The van der Waals surface area contributed by atoms with Crippen molar-refractivity contribution in [3.63, 3.8) is 0 Å². The van der Waals surface area contributed by atoms with Gasteiger partial charge in [0.15, 0.2) is 0 Å². The topological polar surface area (TPSA) is 0 Å². The van der Waals surface area contributed by atoms with Gasteiger partial charge in [0, 0.05) is 11.8 Å². The molecule has 0 N–H and O–H groups in total. The van der Waals surface area contributed by atoms with Crippen LogP contribution >= 0.6 is 0 Å². The highest BCUT2D eigenvalue weighted by Crippen LogP contribution is 2.44. The van der Waals surface area contributed by atoms with E-state index in [9.17, 15) is 0 Å². The van der Waals surface area contributed by atoms with Crippen LogP contribution in [0, 0.1) is 0 Å². The van der Waals surface area contributed by atoms with Crippen LogP contribution in [0.2, 0.25) is 0 Å². The van der Waals surface area contributed by atoms with E-state index >= 15 is 0 Å². The van der Waals surface area contributed by atoms with Gasteiger partial charge in [-0.05, 0) is 39.2 Å². The Morgan fingerprint density at radius 1 is 0.900 bits per heavy atom. The fourth-order valence-corrected chi connectivity index (χ4v) is 4.12. The van der Waals surface area contributed by atoms with Crippen molar-refractivity contribution in [3.05, 3.63) is 35.9 Å². The van der Waals surface area contributed by atoms with Gasteiger partial charge in [-0.15, -0.1) is 0 Å². The predicted molar refractivity (Wildman–Crippen MR) is 88.0 cm³/mol. The maximum Gasteiger partial charge on any atom is 0.0795 e. The predicted octanol–water partition coefficient (Wildman–Crippen LogP) is 4.77. The van der Waals surface area contributed by atoms with Gasteiger partial charge in [0.2, 0.25) is 0 Å². The van der Waals surface area contributed by atoms with Crippen molar-refractivity contribution in [2.24, 2.45) is 0 Å². The highest BCUT2D eigenvalue weighted by atomic mass is 15.3. The molecule has 0 aliphatic heterocycles. The molecule has 20 heavy (non-hydrogen) atoms. The van der Waals surface area contributed by atoms with E-state index in [1.165, 1.54) is 62.8 Å². The number of benzene rings is 1. The molecule has 1 heteroatoms. The molecule has 0 atom stereocenters. The Kier molecular flexibility index (Phi) is 5.26. The van der Waals surface area contributed by atoms with E-state index in [0.717, 1.165) is 0 Å². The van der Waals surface area contributed by atoms with Crippen molar-refractivity contribution in [2.75, 3.05) is 26.2 Å². The molecule has 1 aromatic rings. The summed E-state index contributed by atoms with van der Waals surface area (Å²) in [6.45, 7) is 12.2. The molecular weight excluding hydrogens is 242 g/mol. The summed E-state index contributed by atoms with van der Waals surface area (Å²) in [7, 11) is 0. The summed E-state index contributed by atoms with van der Waals surface area (Å²) in [6.07, 6.45) is 6.99. The molecule has 0 bridgehead atoms. The van der Waals surface area contributed by atoms with Crippen LogP contribution in [0.15, 0.2) is 30.3 Å². The number of rotatable bonds is 7. The standard InChI is InChI=1S/C19H32N/c1-4-20(5-2,6-3)17-16-19(14-10-11-15-19)18-12-8-7-9-13-18/h7-9,12-13H,4-6,10-11,14-17H2,1-3H3/q+1. The molecule has 0 heterocycles. The molecule has 2 rings (SSSR count). The first kappa shape index (κ1) is 15.6. The van der Waals surface area contributed by atoms with Gasteiger partial charge >= 0.3 is 0 Å². The summed E-state index contributed by atoms with van der Waals surface area (Å²) in [6, 6.07) is 11.3. The van der Waals surface area contributed by atoms with Gasteiger partial charge in [-0.1, -0.05) is 43.2 Å². The Hall–Kier alpha value is -0.820. The normalized spacial score (nSPS) is 18.4. The molecule has 0 unspecified atom stereocenters. The first-order chi connectivity index (χ1) is 9.70. The molecule has 1 saturated carbocycles. The van der Waals surface area contributed by atoms with Crippen LogP contribution in [-0.2, 0) is 5.41 Å². The van der Waals surface area contributed by atoms with Crippen molar-refractivity contribution in [3.8, 4) is 0 Å². The van der Waals surface area contributed by atoms with Crippen LogP contribution in [0.4, 0.5) is 0 Å². The number of hydrogen-bond donors (Lipinski definition) is 0. The largest absolute Gasteiger partial charge is 0.324 e. The minimum absolute atomic E-state index is 0.476. The Bertz CT molecular complexity index is 377. The Morgan fingerprint density at radius 2 is 1.45 bits per heavy atom. The molecule has 0 saturated heterocycles. The lowest BCUT2D eigenvalue weighted by Crippen LogP contribution is -2.49. The lowest BCUT2D eigenvalue weighted by atomic mass is 9.76. The zero-order valence-corrected chi connectivity index (χ0v) is 13.7. The van der Waals surface area contributed by atoms with Crippen LogP contribution in [0.5, 0.6) is 0 Å². The third-order valence-electron chi connectivity index (χ3n) is 6.02. The summed E-state index contributed by atoms with van der Waals surface area (Å²) in [5, 5.41) is 0. The Morgan fingerprint density at radius 3 is 1.95 bits per heavy atom. The molecule has 1 aliphatic carbocycles. The number of quaternary nitrogens is 1. The van der Waals surface area contributed by atoms with Gasteiger partial charge in [-0.2, -0.15) is 0 Å². The molecule has 0 radical (unpaired) electrons. The van der Waals surface area contributed by atoms with E-state index in [0.29, 0.717) is 5.41 Å². The zero-order valence-electron chi connectivity index (χ0n) is 13.7. The minimum atomic E-state index is 0.476. The first-order valence-corrected chi connectivity index (χ1v) is 8.61. The minimum Gasteiger partial charge on any atom is -0.324 e. The van der Waals surface area contributed by atoms with Crippen molar-refractivity contribution in [2.45, 2.75) is 58.3 Å². The highest BCUT2D eigenvalue weighted by Gasteiger charge is 2.37. The SMILES string of the molecule is CC[N+](CC)(CC)CCC1(c2ccccc2)CCCC1. The van der Waals surface area contributed by atoms with E-state index in [2.05, 4.69) is 51.1 Å². The molecule has 0 amide bonds. The summed E-state index contributed by atoms with van der Waals surface area (Å²) in [5.74, 6) is 0. The van der Waals surface area contributed by atoms with Crippen LogP contribution in [0.1, 0.15) is 58.4 Å². The second-order valence-electron chi connectivity index (χ2n) is 6.62. The lowest BCUT2D eigenvalue weighted by Gasteiger charge is -2.40. The second kappa shape index (κ2) is 6.76. The summed E-state index contributed by atoms with van der Waals surface area (Å²) in [5.41, 5.74) is 2.07. The number of nitrogens with zero attached hydrogens (tertiary/aromatic N) is 1. The summed E-state index contributed by atoms with van der Waals surface area (Å²) < 4.78 is 1.29. The van der Waals surface area contributed by atoms with Gasteiger partial charge in [-0.25, -0.2) is 0 Å². The van der Waals surface area contributed by atoms with E-state index in [-0.39, 0.29) is 0 Å². The Balaban J connectivity index is 2.15. The Labute approximate surface area is 125 Å². The van der Waals surface area contributed by atoms with Crippen LogP contribution < -0.4 is 0 Å². The van der Waals surface area contributed by atoms with Gasteiger partial charge in [-0.3, -0.25) is 0 Å². The van der Waals surface area contributed by atoms with Crippen LogP contribution in [0.3, 0.4) is 0 Å². The molecule has 1 fully saturated rings. The maximum absolute atomic E-state index is 2.36. The van der Waals surface area contributed by atoms with E-state index in [1.54, 1.807) is 5.56 Å². The lowest BCUT2D eigenvalue weighted by molar-refractivity contribution is -0.923.